The lowest BCUT2D eigenvalue weighted by Gasteiger charge is -2.11. The summed E-state index contributed by atoms with van der Waals surface area (Å²) in [6.45, 7) is 1.68. The molecule has 1 N–H and O–H groups in total. The molecule has 0 radical (unpaired) electrons. The van der Waals surface area contributed by atoms with E-state index in [1.165, 1.54) is 6.07 Å². The van der Waals surface area contributed by atoms with Crippen LogP contribution in [0.25, 0.3) is 0 Å². The molecule has 0 bridgehead atoms. The van der Waals surface area contributed by atoms with E-state index in [4.69, 9.17) is 5.11 Å². The van der Waals surface area contributed by atoms with Crippen LogP contribution in [0.15, 0.2) is 11.4 Å². The summed E-state index contributed by atoms with van der Waals surface area (Å²) in [6, 6.07) is 1.34. The molecule has 68 valence electrons. The number of aliphatic hydroxyl groups is 1. The van der Waals surface area contributed by atoms with Crippen LogP contribution in [0, 0.1) is 6.92 Å². The Hall–Kier alpha value is -0.550. The monoisotopic (exact) mass is 196 g/mol. The fourth-order valence-corrected chi connectivity index (χ4v) is 1.66. The SMILES string of the molecule is Cc1csc([C@H](O)C(F)(F)F)c1. The number of rotatable bonds is 1. The van der Waals surface area contributed by atoms with E-state index in [2.05, 4.69) is 0 Å². The van der Waals surface area contributed by atoms with Crippen LogP contribution >= 0.6 is 11.3 Å². The molecule has 1 nitrogen and oxygen atoms in total. The van der Waals surface area contributed by atoms with Gasteiger partial charge in [0.15, 0.2) is 6.10 Å². The van der Waals surface area contributed by atoms with Crippen molar-refractivity contribution in [3.05, 3.63) is 21.9 Å². The van der Waals surface area contributed by atoms with Crippen LogP contribution in [-0.4, -0.2) is 11.3 Å². The summed E-state index contributed by atoms with van der Waals surface area (Å²) in [5.41, 5.74) is 0.735. The topological polar surface area (TPSA) is 20.2 Å². The first-order valence-electron chi connectivity index (χ1n) is 3.21. The van der Waals surface area contributed by atoms with Crippen LogP contribution < -0.4 is 0 Å². The molecule has 0 amide bonds. The number of aliphatic hydroxyl groups excluding tert-OH is 1. The molecule has 0 spiro atoms. The van der Waals surface area contributed by atoms with Gasteiger partial charge in [-0.3, -0.25) is 0 Å². The number of thiophene rings is 1. The Bertz CT molecular complexity index is 266. The molecule has 0 aromatic carbocycles. The van der Waals surface area contributed by atoms with E-state index in [1.807, 2.05) is 0 Å². The number of hydrogen-bond acceptors (Lipinski definition) is 2. The highest BCUT2D eigenvalue weighted by atomic mass is 32.1. The van der Waals surface area contributed by atoms with Gasteiger partial charge in [-0.1, -0.05) is 0 Å². The summed E-state index contributed by atoms with van der Waals surface area (Å²) >= 11 is 0.915. The maximum absolute atomic E-state index is 11.9. The smallest absolute Gasteiger partial charge is 0.379 e. The van der Waals surface area contributed by atoms with Gasteiger partial charge in [-0.25, -0.2) is 0 Å². The lowest BCUT2D eigenvalue weighted by Crippen LogP contribution is -2.18. The first kappa shape index (κ1) is 9.54. The molecule has 1 rings (SSSR count). The third kappa shape index (κ3) is 1.98. The second-order valence-corrected chi connectivity index (χ2v) is 3.41. The fourth-order valence-electron chi connectivity index (χ4n) is 0.758. The first-order chi connectivity index (χ1) is 5.41. The fraction of sp³-hybridized carbons (Fsp3) is 0.429. The average Bonchev–Trinajstić information content (AvgIpc) is 2.32. The third-order valence-corrected chi connectivity index (χ3v) is 2.43. The Morgan fingerprint density at radius 1 is 1.50 bits per heavy atom. The van der Waals surface area contributed by atoms with E-state index in [-0.39, 0.29) is 4.88 Å². The van der Waals surface area contributed by atoms with E-state index in [0.29, 0.717) is 0 Å². The van der Waals surface area contributed by atoms with Crippen molar-refractivity contribution in [3.8, 4) is 0 Å². The molecule has 1 aromatic heterocycles. The van der Waals surface area contributed by atoms with Gasteiger partial charge in [0.25, 0.3) is 0 Å². The summed E-state index contributed by atoms with van der Waals surface area (Å²) in [7, 11) is 0. The van der Waals surface area contributed by atoms with Crippen LogP contribution in [0.1, 0.15) is 16.5 Å². The molecule has 0 unspecified atom stereocenters. The zero-order chi connectivity index (χ0) is 9.35. The second-order valence-electron chi connectivity index (χ2n) is 2.47. The van der Waals surface area contributed by atoms with Gasteiger partial charge in [0.05, 0.1) is 0 Å². The summed E-state index contributed by atoms with van der Waals surface area (Å²) in [6.07, 6.45) is -6.90. The summed E-state index contributed by atoms with van der Waals surface area (Å²) in [5, 5.41) is 10.3. The zero-order valence-electron chi connectivity index (χ0n) is 6.22. The molecule has 1 aromatic rings. The van der Waals surface area contributed by atoms with Gasteiger partial charge in [0.2, 0.25) is 0 Å². The molecule has 0 aliphatic rings. The molecule has 0 saturated carbocycles. The van der Waals surface area contributed by atoms with Gasteiger partial charge < -0.3 is 5.11 Å². The minimum atomic E-state index is -4.56. The van der Waals surface area contributed by atoms with Gasteiger partial charge >= 0.3 is 6.18 Å². The van der Waals surface area contributed by atoms with Crippen molar-refractivity contribution in [3.63, 3.8) is 0 Å². The minimum absolute atomic E-state index is 0.0556. The molecule has 0 aliphatic heterocycles. The summed E-state index contributed by atoms with van der Waals surface area (Å²) < 4.78 is 35.7. The molecule has 12 heavy (non-hydrogen) atoms. The second kappa shape index (κ2) is 3.06. The Balaban J connectivity index is 2.85. The van der Waals surface area contributed by atoms with E-state index >= 15 is 0 Å². The lowest BCUT2D eigenvalue weighted by atomic mass is 10.2. The van der Waals surface area contributed by atoms with Crippen LogP contribution in [0.5, 0.6) is 0 Å². The van der Waals surface area contributed by atoms with Crippen molar-refractivity contribution in [1.82, 2.24) is 0 Å². The predicted molar refractivity (Wildman–Crippen MR) is 40.1 cm³/mol. The van der Waals surface area contributed by atoms with Crippen molar-refractivity contribution < 1.29 is 18.3 Å². The largest absolute Gasteiger partial charge is 0.419 e. The van der Waals surface area contributed by atoms with E-state index in [1.54, 1.807) is 12.3 Å². The Kier molecular flexibility index (Phi) is 2.44. The maximum atomic E-state index is 11.9. The molecule has 5 heteroatoms. The maximum Gasteiger partial charge on any atom is 0.419 e. The normalized spacial score (nSPS) is 14.8. The van der Waals surface area contributed by atoms with E-state index < -0.39 is 12.3 Å². The molecular formula is C7H7F3OS. The Morgan fingerprint density at radius 3 is 2.42 bits per heavy atom. The van der Waals surface area contributed by atoms with Crippen LogP contribution in [0.3, 0.4) is 0 Å². The summed E-state index contributed by atoms with van der Waals surface area (Å²) in [5.74, 6) is 0. The van der Waals surface area contributed by atoms with Crippen LogP contribution in [0.4, 0.5) is 13.2 Å². The van der Waals surface area contributed by atoms with E-state index in [9.17, 15) is 13.2 Å². The van der Waals surface area contributed by atoms with Crippen LogP contribution in [0.2, 0.25) is 0 Å². The summed E-state index contributed by atoms with van der Waals surface area (Å²) in [4.78, 5) is -0.0556. The van der Waals surface area contributed by atoms with Crippen molar-refractivity contribution >= 4 is 11.3 Å². The molecule has 0 fully saturated rings. The molecule has 0 aliphatic carbocycles. The highest BCUT2D eigenvalue weighted by molar-refractivity contribution is 7.10. The number of alkyl halides is 3. The van der Waals surface area contributed by atoms with E-state index in [0.717, 1.165) is 16.9 Å². The Labute approximate surface area is 71.5 Å². The van der Waals surface area contributed by atoms with Gasteiger partial charge in [0, 0.05) is 4.88 Å². The highest BCUT2D eigenvalue weighted by Gasteiger charge is 2.40. The van der Waals surface area contributed by atoms with Crippen molar-refractivity contribution in [2.75, 3.05) is 0 Å². The van der Waals surface area contributed by atoms with Crippen LogP contribution in [-0.2, 0) is 0 Å². The first-order valence-corrected chi connectivity index (χ1v) is 4.09. The molecule has 1 atom stereocenters. The predicted octanol–water partition coefficient (Wildman–Crippen LogP) is 2.65. The van der Waals surface area contributed by atoms with Crippen molar-refractivity contribution in [2.24, 2.45) is 0 Å². The molecular weight excluding hydrogens is 189 g/mol. The highest BCUT2D eigenvalue weighted by Crippen LogP contribution is 2.35. The standard InChI is InChI=1S/C7H7F3OS/c1-4-2-5(12-3-4)6(11)7(8,9)10/h2-3,6,11H,1H3/t6-/m0/s1. The molecule has 0 saturated heterocycles. The lowest BCUT2D eigenvalue weighted by molar-refractivity contribution is -0.205. The minimum Gasteiger partial charge on any atom is -0.379 e. The zero-order valence-corrected chi connectivity index (χ0v) is 7.04. The van der Waals surface area contributed by atoms with Crippen molar-refractivity contribution in [1.29, 1.82) is 0 Å². The number of aryl methyl sites for hydroxylation is 1. The van der Waals surface area contributed by atoms with Gasteiger partial charge in [-0.05, 0) is 23.9 Å². The molecule has 1 heterocycles. The number of halogens is 3. The quantitative estimate of drug-likeness (QED) is 0.732. The number of hydrogen-bond donors (Lipinski definition) is 1. The van der Waals surface area contributed by atoms with Gasteiger partial charge in [-0.15, -0.1) is 11.3 Å². The van der Waals surface area contributed by atoms with Gasteiger partial charge in [-0.2, -0.15) is 13.2 Å². The average molecular weight is 196 g/mol. The van der Waals surface area contributed by atoms with Crippen molar-refractivity contribution in [2.45, 2.75) is 19.2 Å². The Morgan fingerprint density at radius 2 is 2.08 bits per heavy atom. The third-order valence-electron chi connectivity index (χ3n) is 1.33. The van der Waals surface area contributed by atoms with Gasteiger partial charge in [0.1, 0.15) is 0 Å².